The Morgan fingerprint density at radius 1 is 0.418 bits per heavy atom. The van der Waals surface area contributed by atoms with Crippen LogP contribution in [0.1, 0.15) is 48.9 Å². The third-order valence-electron chi connectivity index (χ3n) is 12.9. The first-order chi connectivity index (χ1) is 27.0. The second-order valence-electron chi connectivity index (χ2n) is 16.3. The molecule has 0 unspecified atom stereocenters. The summed E-state index contributed by atoms with van der Waals surface area (Å²) in [5.74, 6) is 0. The van der Waals surface area contributed by atoms with E-state index >= 15 is 0 Å². The van der Waals surface area contributed by atoms with E-state index in [1.54, 1.807) is 0 Å². The van der Waals surface area contributed by atoms with Crippen LogP contribution in [0.5, 0.6) is 0 Å². The summed E-state index contributed by atoms with van der Waals surface area (Å²) < 4.78 is 0. The fourth-order valence-electron chi connectivity index (χ4n) is 10.2. The summed E-state index contributed by atoms with van der Waals surface area (Å²) in [5, 5.41) is 5.19. The molecule has 1 aliphatic carbocycles. The van der Waals surface area contributed by atoms with Crippen molar-refractivity contribution >= 4 is 44.3 Å². The van der Waals surface area contributed by atoms with Gasteiger partial charge in [-0.15, -0.1) is 0 Å². The molecule has 0 amide bonds. The van der Waals surface area contributed by atoms with Gasteiger partial charge in [-0.1, -0.05) is 129 Å². The molecule has 2 aliphatic heterocycles. The molecule has 8 aromatic rings. The predicted octanol–water partition coefficient (Wildman–Crippen LogP) is 13.8. The van der Waals surface area contributed by atoms with Gasteiger partial charge in [-0.25, -0.2) is 0 Å². The summed E-state index contributed by atoms with van der Waals surface area (Å²) >= 11 is 0. The maximum Gasteiger partial charge on any atom is 0.0443 e. The lowest BCUT2D eigenvalue weighted by molar-refractivity contribution is 0.660. The van der Waals surface area contributed by atoms with E-state index in [2.05, 4.69) is 181 Å². The third kappa shape index (κ3) is 5.01. The number of benzene rings is 8. The molecule has 2 heterocycles. The number of hydrogen-bond acceptors (Lipinski definition) is 2. The topological polar surface area (TPSA) is 6.48 Å². The molecule has 55 heavy (non-hydrogen) atoms. The van der Waals surface area contributed by atoms with Crippen molar-refractivity contribution < 1.29 is 0 Å². The van der Waals surface area contributed by atoms with Crippen molar-refractivity contribution in [2.45, 2.75) is 44.9 Å². The zero-order valence-electron chi connectivity index (χ0n) is 31.6. The molecule has 0 fully saturated rings. The van der Waals surface area contributed by atoms with Gasteiger partial charge in [0.2, 0.25) is 0 Å². The Labute approximate surface area is 324 Å². The van der Waals surface area contributed by atoms with Gasteiger partial charge in [0.25, 0.3) is 0 Å². The van der Waals surface area contributed by atoms with Crippen LogP contribution < -0.4 is 9.80 Å². The molecule has 11 rings (SSSR count). The van der Waals surface area contributed by atoms with Gasteiger partial charge in [-0.3, -0.25) is 0 Å². The van der Waals surface area contributed by atoms with Gasteiger partial charge < -0.3 is 9.80 Å². The minimum Gasteiger partial charge on any atom is -0.341 e. The summed E-state index contributed by atoms with van der Waals surface area (Å²) in [7, 11) is 0. The van der Waals surface area contributed by atoms with Gasteiger partial charge in [0.1, 0.15) is 0 Å². The molecule has 2 heteroatoms. The number of aryl methyl sites for hydroxylation is 2. The Bertz CT molecular complexity index is 2690. The van der Waals surface area contributed by atoms with Crippen LogP contribution in [-0.4, -0.2) is 13.1 Å². The van der Waals surface area contributed by atoms with Crippen molar-refractivity contribution in [3.05, 3.63) is 180 Å². The number of hydrogen-bond donors (Lipinski definition) is 0. The van der Waals surface area contributed by atoms with E-state index in [0.717, 1.165) is 38.8 Å². The van der Waals surface area contributed by atoms with Crippen molar-refractivity contribution in [2.24, 2.45) is 0 Å². The molecular formula is C53H44N2. The Kier molecular flexibility index (Phi) is 7.33. The van der Waals surface area contributed by atoms with Crippen LogP contribution in [0, 0.1) is 0 Å². The van der Waals surface area contributed by atoms with E-state index in [1.165, 1.54) is 99.9 Å². The number of nitrogens with zero attached hydrogens (tertiary/aromatic N) is 2. The van der Waals surface area contributed by atoms with E-state index < -0.39 is 0 Å². The first kappa shape index (κ1) is 32.3. The number of anilines is 4. The van der Waals surface area contributed by atoms with Crippen LogP contribution in [0.25, 0.3) is 54.9 Å². The van der Waals surface area contributed by atoms with E-state index in [0.29, 0.717) is 0 Å². The lowest BCUT2D eigenvalue weighted by Crippen LogP contribution is -2.24. The summed E-state index contributed by atoms with van der Waals surface area (Å²) in [6, 6.07) is 59.9. The molecule has 3 aliphatic rings. The van der Waals surface area contributed by atoms with Crippen LogP contribution in [0.3, 0.4) is 0 Å². The normalized spacial score (nSPS) is 15.5. The van der Waals surface area contributed by atoms with Gasteiger partial charge in [-0.2, -0.15) is 0 Å². The Morgan fingerprint density at radius 3 is 1.58 bits per heavy atom. The summed E-state index contributed by atoms with van der Waals surface area (Å²) in [6.07, 6.45) is 4.56. The predicted molar refractivity (Wildman–Crippen MR) is 233 cm³/mol. The summed E-state index contributed by atoms with van der Waals surface area (Å²) in [6.45, 7) is 6.81. The second-order valence-corrected chi connectivity index (χ2v) is 16.3. The third-order valence-corrected chi connectivity index (χ3v) is 12.9. The van der Waals surface area contributed by atoms with Crippen molar-refractivity contribution in [3.8, 4) is 33.4 Å². The minimum absolute atomic E-state index is 0.0822. The fourth-order valence-corrected chi connectivity index (χ4v) is 10.2. The van der Waals surface area contributed by atoms with E-state index in [4.69, 9.17) is 0 Å². The van der Waals surface area contributed by atoms with Crippen molar-refractivity contribution in [2.75, 3.05) is 22.9 Å². The quantitative estimate of drug-likeness (QED) is 0.168. The van der Waals surface area contributed by atoms with Crippen molar-refractivity contribution in [1.29, 1.82) is 0 Å². The fraction of sp³-hybridized carbons (Fsp3) is 0.170. The molecular weight excluding hydrogens is 665 g/mol. The molecule has 0 aromatic heterocycles. The first-order valence-corrected chi connectivity index (χ1v) is 20.1. The van der Waals surface area contributed by atoms with Crippen LogP contribution in [0.15, 0.2) is 158 Å². The number of rotatable bonds is 4. The zero-order valence-corrected chi connectivity index (χ0v) is 31.6. The molecule has 0 N–H and O–H groups in total. The average Bonchev–Trinajstić information content (AvgIpc) is 3.47. The zero-order chi connectivity index (χ0) is 36.7. The second kappa shape index (κ2) is 12.5. The maximum absolute atomic E-state index is 2.55. The largest absolute Gasteiger partial charge is 0.341 e. The summed E-state index contributed by atoms with van der Waals surface area (Å²) in [5.41, 5.74) is 18.7. The highest BCUT2D eigenvalue weighted by Crippen LogP contribution is 2.52. The van der Waals surface area contributed by atoms with Crippen LogP contribution in [-0.2, 0) is 18.3 Å². The lowest BCUT2D eigenvalue weighted by Gasteiger charge is -2.32. The molecule has 266 valence electrons. The highest BCUT2D eigenvalue weighted by Gasteiger charge is 2.35. The molecule has 0 radical (unpaired) electrons. The van der Waals surface area contributed by atoms with Crippen LogP contribution >= 0.6 is 0 Å². The Balaban J connectivity index is 1.21. The van der Waals surface area contributed by atoms with Gasteiger partial charge in [-0.05, 0) is 145 Å². The monoisotopic (exact) mass is 708 g/mol. The minimum atomic E-state index is -0.0822. The smallest absolute Gasteiger partial charge is 0.0443 e. The Morgan fingerprint density at radius 2 is 0.945 bits per heavy atom. The molecule has 8 aromatic carbocycles. The highest BCUT2D eigenvalue weighted by atomic mass is 15.1. The number of para-hydroxylation sites is 2. The molecule has 0 spiro atoms. The van der Waals surface area contributed by atoms with Gasteiger partial charge in [0, 0.05) is 41.3 Å². The number of fused-ring (bicyclic) bond motifs is 7. The van der Waals surface area contributed by atoms with E-state index in [-0.39, 0.29) is 5.41 Å². The van der Waals surface area contributed by atoms with E-state index in [1.807, 2.05) is 0 Å². The Hall–Kier alpha value is -6.12. The molecule has 2 nitrogen and oxygen atoms in total. The first-order valence-electron chi connectivity index (χ1n) is 20.1. The van der Waals surface area contributed by atoms with Crippen LogP contribution in [0.2, 0.25) is 0 Å². The van der Waals surface area contributed by atoms with Crippen molar-refractivity contribution in [3.63, 3.8) is 0 Å². The van der Waals surface area contributed by atoms with Gasteiger partial charge in [0.15, 0.2) is 0 Å². The molecule has 0 saturated heterocycles. The molecule has 0 bridgehead atoms. The van der Waals surface area contributed by atoms with Crippen molar-refractivity contribution in [1.82, 2.24) is 0 Å². The SMILES string of the molecule is CC1(C)c2ccccc2-c2ccc(-c3c4ccc(N5CCCc6ccccc65)cc4c(-c4ccccc4)c4cc(N5CCCc6ccccc65)ccc34)cc21. The molecule has 0 saturated carbocycles. The maximum atomic E-state index is 2.55. The standard InChI is InChI=1S/C53H44N2/c1-53(2)47-21-9-8-20-41(47)42-27-24-38(32-48(42)53)52-43-28-25-39(54-30-12-18-35-14-6-10-22-49(35)54)33-45(43)51(37-16-4-3-5-17-37)46-34-40(26-29-44(46)52)55-31-13-19-36-15-7-11-23-50(36)55/h3-11,14-17,20-29,32-34H,12-13,18-19,30-31H2,1-2H3. The average molecular weight is 709 g/mol. The lowest BCUT2D eigenvalue weighted by atomic mass is 9.80. The summed E-state index contributed by atoms with van der Waals surface area (Å²) in [4.78, 5) is 5.10. The van der Waals surface area contributed by atoms with Crippen LogP contribution in [0.4, 0.5) is 22.7 Å². The highest BCUT2D eigenvalue weighted by molar-refractivity contribution is 6.22. The van der Waals surface area contributed by atoms with Gasteiger partial charge >= 0.3 is 0 Å². The van der Waals surface area contributed by atoms with Gasteiger partial charge in [0.05, 0.1) is 0 Å². The van der Waals surface area contributed by atoms with E-state index in [9.17, 15) is 0 Å². The molecule has 0 atom stereocenters.